The van der Waals surface area contributed by atoms with E-state index in [0.717, 1.165) is 12.8 Å². The smallest absolute Gasteiger partial charge is 0.243 e. The first-order valence-corrected chi connectivity index (χ1v) is 8.28. The highest BCUT2D eigenvalue weighted by Gasteiger charge is 2.30. The molecule has 116 valence electrons. The monoisotopic (exact) mass is 325 g/mol. The van der Waals surface area contributed by atoms with Crippen molar-refractivity contribution in [3.63, 3.8) is 0 Å². The van der Waals surface area contributed by atoms with Gasteiger partial charge in [0.2, 0.25) is 5.91 Å². The van der Waals surface area contributed by atoms with Gasteiger partial charge in [0.05, 0.1) is 12.4 Å². The molecular weight excluding hydrogens is 310 g/mol. The van der Waals surface area contributed by atoms with Gasteiger partial charge in [-0.3, -0.25) is 4.79 Å². The first-order chi connectivity index (χ1) is 11.2. The molecule has 0 radical (unpaired) electrons. The maximum absolute atomic E-state index is 12.7. The Morgan fingerprint density at radius 2 is 2.30 bits per heavy atom. The summed E-state index contributed by atoms with van der Waals surface area (Å²) in [6.45, 7) is 2.80. The molecule has 7 heteroatoms. The fourth-order valence-corrected chi connectivity index (χ4v) is 4.00. The van der Waals surface area contributed by atoms with E-state index in [0.29, 0.717) is 6.54 Å². The molecule has 0 N–H and O–H groups in total. The van der Waals surface area contributed by atoms with Crippen molar-refractivity contribution in [1.29, 1.82) is 10.5 Å². The summed E-state index contributed by atoms with van der Waals surface area (Å²) >= 11 is 1.74. The molecule has 0 fully saturated rings. The maximum Gasteiger partial charge on any atom is 0.243 e. The number of carbonyl (C=O) groups excluding carboxylic acids is 1. The van der Waals surface area contributed by atoms with Gasteiger partial charge in [0, 0.05) is 11.4 Å². The van der Waals surface area contributed by atoms with Crippen molar-refractivity contribution in [2.45, 2.75) is 32.4 Å². The second kappa shape index (κ2) is 6.23. The van der Waals surface area contributed by atoms with Gasteiger partial charge in [0.25, 0.3) is 0 Å². The van der Waals surface area contributed by atoms with Crippen molar-refractivity contribution in [1.82, 2.24) is 14.5 Å². The summed E-state index contributed by atoms with van der Waals surface area (Å²) in [5, 5.41) is 20.2. The van der Waals surface area contributed by atoms with Crippen molar-refractivity contribution >= 4 is 17.2 Å². The Hall–Kier alpha value is -2.64. The lowest BCUT2D eigenvalue weighted by atomic mass is 9.98. The number of thiophene rings is 1. The first-order valence-electron chi connectivity index (χ1n) is 7.40. The highest BCUT2D eigenvalue weighted by atomic mass is 32.1. The Labute approximate surface area is 138 Å². The molecule has 23 heavy (non-hydrogen) atoms. The van der Waals surface area contributed by atoms with Crippen LogP contribution in [-0.4, -0.2) is 26.9 Å². The van der Waals surface area contributed by atoms with Crippen LogP contribution in [0.4, 0.5) is 0 Å². The normalized spacial score (nSPS) is 16.5. The van der Waals surface area contributed by atoms with Crippen LogP contribution in [0.2, 0.25) is 0 Å². The minimum Gasteiger partial charge on any atom is -0.334 e. The van der Waals surface area contributed by atoms with E-state index in [9.17, 15) is 4.79 Å². The van der Waals surface area contributed by atoms with Crippen molar-refractivity contribution in [2.24, 2.45) is 0 Å². The van der Waals surface area contributed by atoms with Crippen LogP contribution in [-0.2, 0) is 17.8 Å². The molecule has 0 aliphatic carbocycles. The molecule has 6 nitrogen and oxygen atoms in total. The predicted octanol–water partition coefficient (Wildman–Crippen LogP) is 2.22. The summed E-state index contributed by atoms with van der Waals surface area (Å²) in [7, 11) is 0. The number of hydrogen-bond donors (Lipinski definition) is 0. The zero-order valence-corrected chi connectivity index (χ0v) is 13.5. The van der Waals surface area contributed by atoms with E-state index >= 15 is 0 Å². The Kier molecular flexibility index (Phi) is 4.14. The average molecular weight is 325 g/mol. The van der Waals surface area contributed by atoms with Gasteiger partial charge in [-0.05, 0) is 29.9 Å². The summed E-state index contributed by atoms with van der Waals surface area (Å²) in [5.41, 5.74) is 1.44. The molecule has 0 saturated carbocycles. The lowest BCUT2D eigenvalue weighted by molar-refractivity contribution is -0.134. The van der Waals surface area contributed by atoms with Gasteiger partial charge >= 0.3 is 0 Å². The molecule has 0 spiro atoms. The van der Waals surface area contributed by atoms with E-state index in [1.807, 2.05) is 17.0 Å². The van der Waals surface area contributed by atoms with E-state index in [1.165, 1.54) is 21.3 Å². The highest BCUT2D eigenvalue weighted by molar-refractivity contribution is 7.10. The number of rotatable bonds is 3. The fourth-order valence-electron chi connectivity index (χ4n) is 3.07. The molecule has 2 aromatic rings. The van der Waals surface area contributed by atoms with Crippen LogP contribution in [0.1, 0.15) is 41.2 Å². The molecule has 3 rings (SSSR count). The standard InChI is InChI=1S/C16H15N5OS/c1-2-13-11-4-6-23-15(11)3-5-21(13)16(22)9-20-10-19-12(7-17)14(20)8-18/h4,6,10,13H,2-3,5,9H2,1H3/t13-/m1/s1. The van der Waals surface area contributed by atoms with E-state index < -0.39 is 0 Å². The topological polar surface area (TPSA) is 85.7 Å². The molecule has 0 unspecified atom stereocenters. The van der Waals surface area contributed by atoms with E-state index in [-0.39, 0.29) is 29.9 Å². The van der Waals surface area contributed by atoms with Crippen molar-refractivity contribution < 1.29 is 4.79 Å². The molecule has 1 aliphatic heterocycles. The third kappa shape index (κ3) is 2.60. The Bertz CT molecular complexity index is 822. The number of amides is 1. The number of nitriles is 2. The zero-order chi connectivity index (χ0) is 16.4. The molecule has 0 saturated heterocycles. The van der Waals surface area contributed by atoms with Crippen LogP contribution in [0.15, 0.2) is 17.8 Å². The Morgan fingerprint density at radius 3 is 3.00 bits per heavy atom. The van der Waals surface area contributed by atoms with E-state index in [4.69, 9.17) is 10.5 Å². The number of aromatic nitrogens is 2. The molecule has 0 bridgehead atoms. The highest BCUT2D eigenvalue weighted by Crippen LogP contribution is 2.35. The lowest BCUT2D eigenvalue weighted by Gasteiger charge is -2.35. The molecule has 1 amide bonds. The lowest BCUT2D eigenvalue weighted by Crippen LogP contribution is -2.41. The van der Waals surface area contributed by atoms with Gasteiger partial charge in [-0.15, -0.1) is 11.3 Å². The summed E-state index contributed by atoms with van der Waals surface area (Å²) < 4.78 is 1.46. The van der Waals surface area contributed by atoms with Crippen molar-refractivity contribution in [3.05, 3.63) is 39.6 Å². The summed E-state index contributed by atoms with van der Waals surface area (Å²) in [6.07, 6.45) is 3.11. The molecule has 0 aromatic carbocycles. The minimum atomic E-state index is -0.0490. The molecule has 3 heterocycles. The quantitative estimate of drug-likeness (QED) is 0.866. The van der Waals surface area contributed by atoms with E-state index in [1.54, 1.807) is 11.3 Å². The van der Waals surface area contributed by atoms with Crippen molar-refractivity contribution in [2.75, 3.05) is 6.54 Å². The molecule has 1 aliphatic rings. The third-order valence-corrected chi connectivity index (χ3v) is 5.15. The average Bonchev–Trinajstić information content (AvgIpc) is 3.19. The predicted molar refractivity (Wildman–Crippen MR) is 84.4 cm³/mol. The van der Waals surface area contributed by atoms with Crippen LogP contribution in [0.25, 0.3) is 0 Å². The second-order valence-electron chi connectivity index (χ2n) is 5.35. The SMILES string of the molecule is CC[C@@H]1c2ccsc2CCN1C(=O)Cn1cnc(C#N)c1C#N. The maximum atomic E-state index is 12.7. The van der Waals surface area contributed by atoms with Crippen LogP contribution in [0.3, 0.4) is 0 Å². The Morgan fingerprint density at radius 1 is 1.48 bits per heavy atom. The number of imidazole rings is 1. The summed E-state index contributed by atoms with van der Waals surface area (Å²) in [4.78, 5) is 19.8. The van der Waals surface area contributed by atoms with Gasteiger partial charge in [-0.1, -0.05) is 6.92 Å². The molecule has 2 aromatic heterocycles. The molecular formula is C16H15N5OS. The van der Waals surface area contributed by atoms with Gasteiger partial charge in [0.1, 0.15) is 18.7 Å². The van der Waals surface area contributed by atoms with Gasteiger partial charge in [-0.2, -0.15) is 10.5 Å². The number of fused-ring (bicyclic) bond motifs is 1. The number of hydrogen-bond acceptors (Lipinski definition) is 5. The van der Waals surface area contributed by atoms with E-state index in [2.05, 4.69) is 23.4 Å². The van der Waals surface area contributed by atoms with Crippen LogP contribution < -0.4 is 0 Å². The fraction of sp³-hybridized carbons (Fsp3) is 0.375. The van der Waals surface area contributed by atoms with Crippen molar-refractivity contribution in [3.8, 4) is 12.1 Å². The largest absolute Gasteiger partial charge is 0.334 e. The number of nitrogens with zero attached hydrogens (tertiary/aromatic N) is 5. The van der Waals surface area contributed by atoms with Crippen LogP contribution >= 0.6 is 11.3 Å². The third-order valence-electron chi connectivity index (χ3n) is 4.16. The second-order valence-corrected chi connectivity index (χ2v) is 6.35. The summed E-state index contributed by atoms with van der Waals surface area (Å²) in [5.74, 6) is -0.0490. The van der Waals surface area contributed by atoms with Crippen LogP contribution in [0, 0.1) is 22.7 Å². The summed E-state index contributed by atoms with van der Waals surface area (Å²) in [6, 6.07) is 6.00. The minimum absolute atomic E-state index is 0.0353. The first kappa shape index (κ1) is 15.3. The zero-order valence-electron chi connectivity index (χ0n) is 12.7. The number of carbonyl (C=O) groups is 1. The van der Waals surface area contributed by atoms with Gasteiger partial charge in [0.15, 0.2) is 11.4 Å². The van der Waals surface area contributed by atoms with Gasteiger partial charge < -0.3 is 9.47 Å². The van der Waals surface area contributed by atoms with Gasteiger partial charge in [-0.25, -0.2) is 4.98 Å². The van der Waals surface area contributed by atoms with Crippen LogP contribution in [0.5, 0.6) is 0 Å². The molecule has 1 atom stereocenters. The Balaban J connectivity index is 1.83.